The SMILES string of the molecule is C1CCOC1.CC(=O)NC1CCC(N)CC1.CC(C)(C)OC(=O)N(Cc1ccccc1)C1CCC(N)CC1.CC(C)(C)OC(=O)Oc1ccccc1.CCCCOC(=O)Cl.CCO.CN(C(=O)OC(C)(C)C)C1CCC(N)CC1.CNC1CCC(N)CC1.ClCCl.NC1CCC(N)CC1.P.PP(P)P.PP(P)P(P(P)P)P(P(P)P)P(P)P.PPP.[AlH3].[H-].[Li+]. The van der Waals surface area contributed by atoms with Crippen molar-refractivity contribution in [3.05, 3.63) is 66.2 Å². The van der Waals surface area contributed by atoms with Crippen LogP contribution in [0.4, 0.5) is 19.2 Å². The molecule has 123 heavy (non-hydrogen) atoms. The van der Waals surface area contributed by atoms with Gasteiger partial charge in [-0.1, -0.05) is 69.8 Å². The Morgan fingerprint density at radius 2 is 0.854 bits per heavy atom. The summed E-state index contributed by atoms with van der Waals surface area (Å²) in [6.45, 7) is 26.2. The molecule has 0 spiro atoms. The monoisotopic (exact) mass is 2210 g/mol. The third-order valence-electron chi connectivity index (χ3n) is 17.0. The van der Waals surface area contributed by atoms with E-state index in [1.54, 1.807) is 63.8 Å². The Bertz CT molecular complexity index is 2730. The van der Waals surface area contributed by atoms with Gasteiger partial charge in [-0.05, 0) is 291 Å². The predicted molar refractivity (Wildman–Crippen MR) is 610 cm³/mol. The minimum absolute atomic E-state index is 0. The maximum atomic E-state index is 12.6. The molecule has 49 heteroatoms. The molecule has 1 heterocycles. The first kappa shape index (κ1) is 145. The summed E-state index contributed by atoms with van der Waals surface area (Å²) in [7, 11) is 42.2. The first-order valence-electron chi connectivity index (χ1n) is 40.5. The van der Waals surface area contributed by atoms with Gasteiger partial charge in [0.2, 0.25) is 5.91 Å². The number of carbonyl (C=O) groups excluding carboxylic acids is 5. The molecule has 6 fully saturated rings. The van der Waals surface area contributed by atoms with Crippen LogP contribution >= 0.6 is 218 Å². The van der Waals surface area contributed by atoms with E-state index < -0.39 is 28.4 Å². The quantitative estimate of drug-likeness (QED) is 0.0117. The van der Waals surface area contributed by atoms with Crippen molar-refractivity contribution in [1.29, 1.82) is 0 Å². The van der Waals surface area contributed by atoms with E-state index in [1.807, 2.05) is 104 Å². The summed E-state index contributed by atoms with van der Waals surface area (Å²) in [5.74, 6) is 0.562. The van der Waals surface area contributed by atoms with Crippen molar-refractivity contribution in [3.8, 4) is 5.75 Å². The fourth-order valence-electron chi connectivity index (χ4n) is 11.2. The molecule has 14 unspecified atom stereocenters. The molecule has 2 aromatic carbocycles. The summed E-state index contributed by atoms with van der Waals surface area (Å²) in [5, 5.41) is 13.9. The number of aliphatic hydroxyl groups excluding tert-OH is 1. The van der Waals surface area contributed by atoms with Gasteiger partial charge in [-0.15, -0.1) is 139 Å². The van der Waals surface area contributed by atoms with Crippen LogP contribution in [0.5, 0.6) is 5.75 Å². The second kappa shape index (κ2) is 90.8. The third kappa shape index (κ3) is 94.3. The van der Waals surface area contributed by atoms with Crippen LogP contribution in [0.15, 0.2) is 60.7 Å². The van der Waals surface area contributed by atoms with E-state index in [2.05, 4.69) is 131 Å². The van der Waals surface area contributed by atoms with Crippen LogP contribution in [0, 0.1) is 0 Å². The summed E-state index contributed by atoms with van der Waals surface area (Å²) in [6, 6.07) is 22.8. The second-order valence-electron chi connectivity index (χ2n) is 31.4. The smallest absolute Gasteiger partial charge is 1.00 e. The fourth-order valence-corrected chi connectivity index (χ4v) is 158. The summed E-state index contributed by atoms with van der Waals surface area (Å²) in [6.07, 6.45) is 24.7. The van der Waals surface area contributed by atoms with Gasteiger partial charge in [0, 0.05) is 112 Å². The molecule has 14 atom stereocenters. The standard InChI is InChI=1S/C18H28N2O2.C12H24N2O2.C11H14O3.C8H16N2O.C7H16N2.C6H14N2.C5H9ClO2.C4H8O.C2H6O.CH2Cl2.Al.Li.H16P14.H6P4.H5P3.H3P.4H/c1-18(2,3)22-17(21)20(13-14-7-5-4-6-8-14)16-11-9-15(19)10-12-16;1-12(2,3)16-11(15)14(4)10-7-5-9(13)6-8-10;1-11(2,3)14-10(12)13-9-7-5-4-6-8-9;1-6(11)10-8-4-2-7(9)3-5-8;1-9-7-4-2-6(8)3-5-7;7-5-1-2-6(8)4-3-5;1-2-3-4-8-5(6)7;1-2-4-5-3-1;1-2-3;2-1-3;;;1-9(2)13(10(3)4)14(11(5)6)12(7)8;1-4(2)3;1-3-2;;;;;/h4-8,15-16H,9-13,19H2,1-3H3;9-10H,5-8,13H2,1-4H3;4-8H,1-3H3;7-8H,2-5,9H2,1H3,(H,10,11);6-7,9H,2-5,8H2,1H3;5-6H,1-4,7-8H2;2-4H2,1H3;1-4H2;3H,2H2,1H3;1H2;;;1-8H2;1-3H2;3H,1-2H2;1H3;;;;/q;;;;;;;;;;;+1;;;;;;;;-1. The minimum Gasteiger partial charge on any atom is -1.00 e. The number of ether oxygens (including phenoxy) is 6. The molecule has 0 aromatic heterocycles. The number of benzene rings is 2. The van der Waals surface area contributed by atoms with Crippen LogP contribution in [0.25, 0.3) is 0 Å². The number of nitrogens with one attached hydrogen (secondary N) is 2. The molecule has 0 radical (unpaired) electrons. The summed E-state index contributed by atoms with van der Waals surface area (Å²) >= 11 is 14.4. The van der Waals surface area contributed by atoms with Crippen molar-refractivity contribution in [2.75, 3.05) is 45.9 Å². The number of carbonyl (C=O) groups is 5. The Labute approximate surface area is 828 Å². The van der Waals surface area contributed by atoms with Crippen LogP contribution in [0.2, 0.25) is 0 Å². The van der Waals surface area contributed by atoms with E-state index in [0.717, 1.165) is 148 Å². The number of hydrogen-bond donors (Lipinski definition) is 9. The van der Waals surface area contributed by atoms with Crippen molar-refractivity contribution in [2.45, 2.75) is 321 Å². The average molecular weight is 2210 g/mol. The van der Waals surface area contributed by atoms with E-state index in [4.69, 9.17) is 98.0 Å². The molecule has 6 aliphatic rings. The van der Waals surface area contributed by atoms with E-state index in [1.165, 1.54) is 38.5 Å². The number of alkyl halides is 2. The molecule has 0 bridgehead atoms. The summed E-state index contributed by atoms with van der Waals surface area (Å²) < 4.78 is 30.2. The minimum atomic E-state index is -0.710. The Kier molecular flexibility index (Phi) is 107. The van der Waals surface area contributed by atoms with Gasteiger partial charge in [0.15, 0.2) is 17.4 Å². The molecule has 5 aliphatic carbocycles. The maximum Gasteiger partial charge on any atom is 1.00 e. The predicted octanol–water partition coefficient (Wildman–Crippen LogP) is 21.1. The van der Waals surface area contributed by atoms with Crippen LogP contribution in [0.1, 0.15) is 244 Å². The van der Waals surface area contributed by atoms with Crippen LogP contribution < -0.4 is 68.6 Å². The van der Waals surface area contributed by atoms with Crippen LogP contribution in [-0.2, 0) is 35.0 Å². The van der Waals surface area contributed by atoms with E-state index in [-0.39, 0.29) is 145 Å². The molecule has 8 rings (SSSR count). The molecule has 1 aliphatic heterocycles. The van der Waals surface area contributed by atoms with Gasteiger partial charge < -0.3 is 89.8 Å². The topological polar surface area (TPSA) is 348 Å². The molecule has 22 nitrogen and oxygen atoms in total. The molecule has 3 amide bonds. The van der Waals surface area contributed by atoms with E-state index in [9.17, 15) is 24.0 Å². The summed E-state index contributed by atoms with van der Waals surface area (Å²) in [4.78, 5) is 59.7. The molecule has 2 aromatic rings. The van der Waals surface area contributed by atoms with Gasteiger partial charge in [0.05, 0.1) is 11.9 Å². The second-order valence-corrected chi connectivity index (χ2v) is 102. The maximum absolute atomic E-state index is 12.6. The van der Waals surface area contributed by atoms with Crippen molar-refractivity contribution in [1.82, 2.24) is 20.4 Å². The number of hydrogen-bond acceptors (Lipinski definition) is 19. The van der Waals surface area contributed by atoms with Gasteiger partial charge in [0.25, 0.3) is 0 Å². The zero-order chi connectivity index (χ0) is 93.2. The Morgan fingerprint density at radius 1 is 0.553 bits per heavy atom. The van der Waals surface area contributed by atoms with E-state index >= 15 is 0 Å². The van der Waals surface area contributed by atoms with Crippen LogP contribution in [-0.4, -0.2) is 185 Å². The van der Waals surface area contributed by atoms with Crippen molar-refractivity contribution in [2.24, 2.45) is 34.4 Å². The number of nitrogens with zero attached hydrogens (tertiary/aromatic N) is 2. The number of unbranched alkanes of at least 4 members (excludes halogenated alkanes) is 1. The van der Waals surface area contributed by atoms with Gasteiger partial charge in [0.1, 0.15) is 22.6 Å². The normalized spacial score (nSPS) is 20.5. The number of rotatable bonds is 15. The number of aliphatic hydroxyl groups is 1. The number of nitrogens with two attached hydrogens (primary N) is 6. The average Bonchev–Trinajstić information content (AvgIpc) is 1.09. The largest absolute Gasteiger partial charge is 1.00 e. The van der Waals surface area contributed by atoms with Crippen LogP contribution in [0.3, 0.4) is 0 Å². The van der Waals surface area contributed by atoms with Gasteiger partial charge in [-0.25, -0.2) is 19.2 Å². The van der Waals surface area contributed by atoms with Gasteiger partial charge >= 0.3 is 42.6 Å². The third-order valence-corrected chi connectivity index (χ3v) is 96.0. The molecule has 724 valence electrons. The first-order valence-corrected chi connectivity index (χ1v) is 77.3. The zero-order valence-corrected chi connectivity index (χ0v) is 102. The van der Waals surface area contributed by atoms with Crippen molar-refractivity contribution >= 4 is 265 Å². The van der Waals surface area contributed by atoms with Crippen molar-refractivity contribution < 1.29 is 77.8 Å². The Balaban J connectivity index is -0.000000171. The van der Waals surface area contributed by atoms with Crippen molar-refractivity contribution in [3.63, 3.8) is 0 Å². The molecule has 15 N–H and O–H groups in total. The molecular formula is C74H171AlCl3LiN10O12P22. The zero-order valence-electron chi connectivity index (χ0n) is 77.0. The van der Waals surface area contributed by atoms with Gasteiger partial charge in [-0.2, -0.15) is 9.90 Å². The number of amides is 3. The Morgan fingerprint density at radius 3 is 1.14 bits per heavy atom. The summed E-state index contributed by atoms with van der Waals surface area (Å²) in [5.41, 5.74) is 33.6. The fraction of sp³-hybridized carbons (Fsp3) is 0.770. The molecular weight excluding hydrogens is 2040 g/mol. The Hall–Kier alpha value is 6.29. The first-order chi connectivity index (χ1) is 55.9. The molecule has 1 saturated heterocycles. The van der Waals surface area contributed by atoms with E-state index in [0.29, 0.717) is 55.2 Å². The number of halogens is 3. The van der Waals surface area contributed by atoms with Gasteiger partial charge in [-0.3, -0.25) is 4.79 Å². The number of para-hydroxylation sites is 1. The molecule has 5 saturated carbocycles.